The monoisotopic (exact) mass is 414 g/mol. The molecule has 0 aliphatic heterocycles. The van der Waals surface area contributed by atoms with Gasteiger partial charge in [-0.25, -0.2) is 4.79 Å². The minimum absolute atomic E-state index is 0.0985. The van der Waals surface area contributed by atoms with Gasteiger partial charge in [-0.05, 0) is 31.2 Å². The van der Waals surface area contributed by atoms with Crippen LogP contribution in [-0.4, -0.2) is 37.1 Å². The number of nitrogens with zero attached hydrogens (tertiary/aromatic N) is 1. The number of para-hydroxylation sites is 1. The van der Waals surface area contributed by atoms with Crippen molar-refractivity contribution in [3.8, 4) is 11.5 Å². The van der Waals surface area contributed by atoms with Gasteiger partial charge >= 0.3 is 11.7 Å². The standard InChI is InChI=1S/C20H18N2O8/c1-3-28-20(24)19-18(13-6-4-5-7-15(13)30-19)21-17(23)11-29-16-9-8-12(27-2)10-14(16)22(25)26/h4-10H,3,11H2,1-2H3,(H,21,23). The molecule has 30 heavy (non-hydrogen) atoms. The molecule has 0 bridgehead atoms. The Morgan fingerprint density at radius 3 is 2.67 bits per heavy atom. The Balaban J connectivity index is 1.80. The number of anilines is 1. The molecule has 0 saturated heterocycles. The molecule has 156 valence electrons. The molecule has 0 aliphatic carbocycles. The Morgan fingerprint density at radius 1 is 1.20 bits per heavy atom. The molecule has 10 nitrogen and oxygen atoms in total. The number of nitro benzene ring substituents is 1. The highest BCUT2D eigenvalue weighted by atomic mass is 16.6. The van der Waals surface area contributed by atoms with Crippen LogP contribution in [0.2, 0.25) is 0 Å². The van der Waals surface area contributed by atoms with E-state index >= 15 is 0 Å². The van der Waals surface area contributed by atoms with Crippen molar-refractivity contribution in [3.05, 3.63) is 58.3 Å². The van der Waals surface area contributed by atoms with Crippen LogP contribution in [0.5, 0.6) is 11.5 Å². The number of rotatable bonds is 8. The summed E-state index contributed by atoms with van der Waals surface area (Å²) in [5.74, 6) is -1.34. The van der Waals surface area contributed by atoms with E-state index in [4.69, 9.17) is 18.6 Å². The van der Waals surface area contributed by atoms with Crippen LogP contribution in [0.4, 0.5) is 11.4 Å². The third kappa shape index (κ3) is 4.32. The van der Waals surface area contributed by atoms with E-state index in [2.05, 4.69) is 5.32 Å². The topological polar surface area (TPSA) is 130 Å². The average molecular weight is 414 g/mol. The molecule has 1 amide bonds. The summed E-state index contributed by atoms with van der Waals surface area (Å²) in [6, 6.07) is 10.8. The maximum Gasteiger partial charge on any atom is 0.376 e. The van der Waals surface area contributed by atoms with Crippen LogP contribution in [-0.2, 0) is 9.53 Å². The van der Waals surface area contributed by atoms with Gasteiger partial charge in [-0.2, -0.15) is 0 Å². The van der Waals surface area contributed by atoms with Crippen LogP contribution in [0.3, 0.4) is 0 Å². The zero-order valence-electron chi connectivity index (χ0n) is 16.2. The number of hydrogen-bond donors (Lipinski definition) is 1. The lowest BCUT2D eigenvalue weighted by Crippen LogP contribution is -2.21. The third-order valence-corrected chi connectivity index (χ3v) is 4.04. The van der Waals surface area contributed by atoms with Gasteiger partial charge in [0, 0.05) is 5.39 Å². The average Bonchev–Trinajstić information content (AvgIpc) is 3.10. The van der Waals surface area contributed by atoms with Gasteiger partial charge in [0.05, 0.1) is 24.7 Å². The number of nitro groups is 1. The smallest absolute Gasteiger partial charge is 0.376 e. The highest BCUT2D eigenvalue weighted by Gasteiger charge is 2.24. The first-order valence-electron chi connectivity index (χ1n) is 8.88. The molecule has 2 aromatic carbocycles. The lowest BCUT2D eigenvalue weighted by Gasteiger charge is -2.09. The fraction of sp³-hybridized carbons (Fsp3) is 0.200. The second-order valence-corrected chi connectivity index (χ2v) is 5.95. The molecule has 0 saturated carbocycles. The zero-order valence-corrected chi connectivity index (χ0v) is 16.2. The Labute approximate surface area is 170 Å². The number of methoxy groups -OCH3 is 1. The molecule has 3 rings (SSSR count). The Morgan fingerprint density at radius 2 is 1.97 bits per heavy atom. The molecule has 0 unspecified atom stereocenters. The van der Waals surface area contributed by atoms with Crippen molar-refractivity contribution in [1.82, 2.24) is 0 Å². The summed E-state index contributed by atoms with van der Waals surface area (Å²) in [7, 11) is 1.38. The van der Waals surface area contributed by atoms with E-state index < -0.39 is 23.4 Å². The molecular formula is C20H18N2O8. The summed E-state index contributed by atoms with van der Waals surface area (Å²) in [5.41, 5.74) is 0.188. The maximum atomic E-state index is 12.4. The van der Waals surface area contributed by atoms with Gasteiger partial charge in [0.25, 0.3) is 5.91 Å². The first-order chi connectivity index (χ1) is 14.4. The van der Waals surface area contributed by atoms with Gasteiger partial charge in [-0.3, -0.25) is 14.9 Å². The normalized spacial score (nSPS) is 10.5. The van der Waals surface area contributed by atoms with E-state index in [1.807, 2.05) is 0 Å². The highest BCUT2D eigenvalue weighted by molar-refractivity contribution is 6.09. The van der Waals surface area contributed by atoms with Gasteiger partial charge in [0.2, 0.25) is 5.76 Å². The van der Waals surface area contributed by atoms with E-state index in [0.717, 1.165) is 0 Å². The number of esters is 1. The van der Waals surface area contributed by atoms with Crippen LogP contribution in [0.25, 0.3) is 11.0 Å². The minimum atomic E-state index is -0.726. The Hall–Kier alpha value is -4.08. The van der Waals surface area contributed by atoms with E-state index in [1.165, 1.54) is 25.3 Å². The van der Waals surface area contributed by atoms with Crippen molar-refractivity contribution in [2.75, 3.05) is 25.6 Å². The second kappa shape index (κ2) is 8.95. The highest BCUT2D eigenvalue weighted by Crippen LogP contribution is 2.33. The Kier molecular flexibility index (Phi) is 6.16. The fourth-order valence-electron chi connectivity index (χ4n) is 2.72. The summed E-state index contributed by atoms with van der Waals surface area (Å²) in [5, 5.41) is 14.3. The molecule has 3 aromatic rings. The molecule has 1 aromatic heterocycles. The van der Waals surface area contributed by atoms with E-state index in [-0.39, 0.29) is 35.2 Å². The lowest BCUT2D eigenvalue weighted by atomic mass is 10.2. The van der Waals surface area contributed by atoms with Gasteiger partial charge in [-0.1, -0.05) is 12.1 Å². The molecule has 0 fully saturated rings. The number of carbonyl (C=O) groups is 2. The van der Waals surface area contributed by atoms with Crippen LogP contribution >= 0.6 is 0 Å². The SMILES string of the molecule is CCOC(=O)c1oc2ccccc2c1NC(=O)COc1ccc(OC)cc1[N+](=O)[O-]. The van der Waals surface area contributed by atoms with Crippen LogP contribution in [0.1, 0.15) is 17.5 Å². The number of hydrogen-bond acceptors (Lipinski definition) is 8. The summed E-state index contributed by atoms with van der Waals surface area (Å²) in [4.78, 5) is 35.2. The van der Waals surface area contributed by atoms with Crippen molar-refractivity contribution in [2.24, 2.45) is 0 Å². The van der Waals surface area contributed by atoms with Gasteiger partial charge in [0.1, 0.15) is 17.0 Å². The van der Waals surface area contributed by atoms with Crippen LogP contribution in [0.15, 0.2) is 46.9 Å². The number of carbonyl (C=O) groups excluding carboxylic acids is 2. The molecular weight excluding hydrogens is 396 g/mol. The fourth-order valence-corrected chi connectivity index (χ4v) is 2.72. The van der Waals surface area contributed by atoms with Crippen molar-refractivity contribution < 1.29 is 33.1 Å². The first kappa shape index (κ1) is 20.6. The largest absolute Gasteiger partial charge is 0.496 e. The van der Waals surface area contributed by atoms with E-state index in [9.17, 15) is 19.7 Å². The Bertz CT molecular complexity index is 1110. The van der Waals surface area contributed by atoms with Crippen molar-refractivity contribution in [3.63, 3.8) is 0 Å². The number of ether oxygens (including phenoxy) is 3. The van der Waals surface area contributed by atoms with Gasteiger partial charge in [0.15, 0.2) is 12.4 Å². The molecule has 0 spiro atoms. The molecule has 0 aliphatic rings. The van der Waals surface area contributed by atoms with E-state index in [0.29, 0.717) is 11.0 Å². The quantitative estimate of drug-likeness (QED) is 0.336. The number of fused-ring (bicyclic) bond motifs is 1. The van der Waals surface area contributed by atoms with Crippen molar-refractivity contribution in [1.29, 1.82) is 0 Å². The van der Waals surface area contributed by atoms with Crippen molar-refractivity contribution >= 4 is 34.2 Å². The summed E-state index contributed by atoms with van der Waals surface area (Å²) in [6.07, 6.45) is 0. The molecule has 0 radical (unpaired) electrons. The van der Waals surface area contributed by atoms with Gasteiger partial charge in [-0.15, -0.1) is 0 Å². The number of amides is 1. The minimum Gasteiger partial charge on any atom is -0.496 e. The van der Waals surface area contributed by atoms with Gasteiger partial charge < -0.3 is 23.9 Å². The number of nitrogens with one attached hydrogen (secondary N) is 1. The predicted molar refractivity (Wildman–Crippen MR) is 106 cm³/mol. The van der Waals surface area contributed by atoms with Crippen molar-refractivity contribution in [2.45, 2.75) is 6.92 Å². The first-order valence-corrected chi connectivity index (χ1v) is 8.88. The summed E-state index contributed by atoms with van der Waals surface area (Å²) >= 11 is 0. The second-order valence-electron chi connectivity index (χ2n) is 5.95. The zero-order chi connectivity index (χ0) is 21.7. The molecule has 1 heterocycles. The van der Waals surface area contributed by atoms with Crippen LogP contribution < -0.4 is 14.8 Å². The molecule has 0 atom stereocenters. The lowest BCUT2D eigenvalue weighted by molar-refractivity contribution is -0.385. The summed E-state index contributed by atoms with van der Waals surface area (Å²) < 4.78 is 20.8. The van der Waals surface area contributed by atoms with E-state index in [1.54, 1.807) is 31.2 Å². The summed E-state index contributed by atoms with van der Waals surface area (Å²) in [6.45, 7) is 1.25. The molecule has 10 heteroatoms. The molecule has 1 N–H and O–H groups in total. The third-order valence-electron chi connectivity index (χ3n) is 4.04. The van der Waals surface area contributed by atoms with Crippen LogP contribution in [0, 0.1) is 10.1 Å². The predicted octanol–water partition coefficient (Wildman–Crippen LogP) is 3.54. The number of benzene rings is 2. The number of furan rings is 1. The maximum absolute atomic E-state index is 12.4.